The number of nitrogens with one attached hydrogen (secondary N) is 1. The lowest BCUT2D eigenvalue weighted by Crippen LogP contribution is -2.15. The average molecular weight is 372 g/mol. The molecule has 0 spiro atoms. The second-order valence-electron chi connectivity index (χ2n) is 5.79. The average Bonchev–Trinajstić information content (AvgIpc) is 2.43. The van der Waals surface area contributed by atoms with Crippen molar-refractivity contribution in [1.29, 1.82) is 0 Å². The number of carboxylic acid groups (broad SMARTS) is 1. The van der Waals surface area contributed by atoms with Gasteiger partial charge in [-0.25, -0.2) is 4.79 Å². The fourth-order valence-corrected chi connectivity index (χ4v) is 3.46. The molecule has 0 radical (unpaired) electrons. The fourth-order valence-electron chi connectivity index (χ4n) is 1.87. The quantitative estimate of drug-likeness (QED) is 0.587. The lowest BCUT2D eigenvalue weighted by Gasteiger charge is -2.21. The van der Waals surface area contributed by atoms with Crippen LogP contribution in [0.25, 0.3) is 0 Å². The number of nitrogens with zero attached hydrogens (tertiary/aromatic N) is 2. The summed E-state index contributed by atoms with van der Waals surface area (Å²) in [6, 6.07) is 6.51. The van der Waals surface area contributed by atoms with E-state index < -0.39 is 5.97 Å². The smallest absolute Gasteiger partial charge is 0.335 e. The van der Waals surface area contributed by atoms with Crippen LogP contribution in [0.5, 0.6) is 0 Å². The molecule has 0 fully saturated rings. The Balaban J connectivity index is 2.19. The Morgan fingerprint density at radius 3 is 2.35 bits per heavy atom. The summed E-state index contributed by atoms with van der Waals surface area (Å²) in [5, 5.41) is 9.57. The van der Waals surface area contributed by atoms with Gasteiger partial charge in [0.25, 0.3) is 0 Å². The molecule has 23 heavy (non-hydrogen) atoms. The minimum absolute atomic E-state index is 0.205. The summed E-state index contributed by atoms with van der Waals surface area (Å²) in [5.41, 5.74) is 0.622. The number of anilines is 1. The molecule has 0 atom stereocenters. The van der Waals surface area contributed by atoms with Crippen molar-refractivity contribution in [2.75, 3.05) is 4.72 Å². The van der Waals surface area contributed by atoms with Gasteiger partial charge < -0.3 is 5.11 Å². The zero-order valence-electron chi connectivity index (χ0n) is 12.7. The highest BCUT2D eigenvalue weighted by Crippen LogP contribution is 2.34. The highest BCUT2D eigenvalue weighted by atomic mass is 35.5. The molecule has 0 unspecified atom stereocenters. The van der Waals surface area contributed by atoms with E-state index in [1.54, 1.807) is 18.2 Å². The maximum Gasteiger partial charge on any atom is 0.335 e. The highest BCUT2D eigenvalue weighted by molar-refractivity contribution is 8.00. The summed E-state index contributed by atoms with van der Waals surface area (Å²) in [6.45, 7) is 5.92. The van der Waals surface area contributed by atoms with Gasteiger partial charge >= 0.3 is 5.97 Å². The van der Waals surface area contributed by atoms with E-state index in [1.165, 1.54) is 18.0 Å². The van der Waals surface area contributed by atoms with E-state index in [0.29, 0.717) is 20.8 Å². The summed E-state index contributed by atoms with van der Waals surface area (Å²) < 4.78 is 2.92. The van der Waals surface area contributed by atoms with Crippen molar-refractivity contribution in [2.24, 2.45) is 0 Å². The van der Waals surface area contributed by atoms with Gasteiger partial charge in [0.15, 0.2) is 0 Å². The Hall–Kier alpha value is -1.50. The zero-order chi connectivity index (χ0) is 17.2. The molecule has 1 heterocycles. The molecule has 0 aliphatic heterocycles. The van der Waals surface area contributed by atoms with E-state index in [9.17, 15) is 4.79 Å². The molecule has 122 valence electrons. The molecule has 0 bridgehead atoms. The molecule has 1 aromatic carbocycles. The molecular weight excluding hydrogens is 357 g/mol. The minimum Gasteiger partial charge on any atom is -0.478 e. The van der Waals surface area contributed by atoms with Crippen LogP contribution >= 0.6 is 35.1 Å². The van der Waals surface area contributed by atoms with E-state index in [4.69, 9.17) is 28.3 Å². The third kappa shape index (κ3) is 4.50. The Morgan fingerprint density at radius 1 is 1.22 bits per heavy atom. The lowest BCUT2D eigenvalue weighted by atomic mass is 9.89. The number of hydrogen-bond acceptors (Lipinski definition) is 5. The van der Waals surface area contributed by atoms with Crippen molar-refractivity contribution in [1.82, 2.24) is 9.97 Å². The standard InChI is InChI=1S/C15H15Cl2N3O2S/c1-15(2,3)10-11(16)18-14(19-12(10)17)20-23-9-6-4-5-8(7-9)13(21)22/h4-7H,1-3H3,(H,21,22)(H,18,19,20). The minimum atomic E-state index is -0.982. The molecule has 2 rings (SSSR count). The van der Waals surface area contributed by atoms with Crippen LogP contribution in [0.2, 0.25) is 10.3 Å². The van der Waals surface area contributed by atoms with E-state index in [-0.39, 0.29) is 16.9 Å². The van der Waals surface area contributed by atoms with Crippen LogP contribution in [0.1, 0.15) is 36.7 Å². The van der Waals surface area contributed by atoms with E-state index >= 15 is 0 Å². The van der Waals surface area contributed by atoms with Crippen LogP contribution in [-0.4, -0.2) is 21.0 Å². The van der Waals surface area contributed by atoms with Gasteiger partial charge in [-0.15, -0.1) is 0 Å². The van der Waals surface area contributed by atoms with E-state index in [0.717, 1.165) is 0 Å². The number of carboxylic acids is 1. The van der Waals surface area contributed by atoms with Gasteiger partial charge in [0, 0.05) is 10.5 Å². The van der Waals surface area contributed by atoms with Crippen molar-refractivity contribution in [3.05, 3.63) is 45.7 Å². The maximum atomic E-state index is 11.0. The Morgan fingerprint density at radius 2 is 1.83 bits per heavy atom. The molecule has 0 aliphatic carbocycles. The molecular formula is C15H15Cl2N3O2S. The van der Waals surface area contributed by atoms with Crippen molar-refractivity contribution in [3.8, 4) is 0 Å². The molecule has 1 aromatic heterocycles. The van der Waals surface area contributed by atoms with Crippen LogP contribution in [-0.2, 0) is 5.41 Å². The van der Waals surface area contributed by atoms with Crippen LogP contribution in [0, 0.1) is 0 Å². The summed E-state index contributed by atoms with van der Waals surface area (Å²) in [6.07, 6.45) is 0. The topological polar surface area (TPSA) is 75.1 Å². The first-order chi connectivity index (χ1) is 10.7. The first-order valence-electron chi connectivity index (χ1n) is 6.68. The van der Waals surface area contributed by atoms with Gasteiger partial charge in [-0.1, -0.05) is 50.0 Å². The molecule has 8 heteroatoms. The van der Waals surface area contributed by atoms with E-state index in [1.807, 2.05) is 20.8 Å². The van der Waals surface area contributed by atoms with Gasteiger partial charge in [-0.2, -0.15) is 9.97 Å². The number of hydrogen-bond donors (Lipinski definition) is 2. The second kappa shape index (κ2) is 6.95. The predicted molar refractivity (Wildman–Crippen MR) is 93.6 cm³/mol. The van der Waals surface area contributed by atoms with Crippen LogP contribution in [0.4, 0.5) is 5.95 Å². The van der Waals surface area contributed by atoms with Crippen molar-refractivity contribution in [3.63, 3.8) is 0 Å². The third-order valence-electron chi connectivity index (χ3n) is 2.91. The number of aromatic carboxylic acids is 1. The SMILES string of the molecule is CC(C)(C)c1c(Cl)nc(NSc2cccc(C(=O)O)c2)nc1Cl. The highest BCUT2D eigenvalue weighted by Gasteiger charge is 2.23. The molecule has 0 saturated carbocycles. The van der Waals surface area contributed by atoms with Gasteiger partial charge in [0.2, 0.25) is 5.95 Å². The number of rotatable bonds is 4. The van der Waals surface area contributed by atoms with Crippen LogP contribution in [0.3, 0.4) is 0 Å². The normalized spacial score (nSPS) is 11.3. The number of halogens is 2. The molecule has 0 aliphatic rings. The second-order valence-corrected chi connectivity index (χ2v) is 7.39. The van der Waals surface area contributed by atoms with Gasteiger partial charge in [0.05, 0.1) is 5.56 Å². The van der Waals surface area contributed by atoms with Crippen LogP contribution < -0.4 is 4.72 Å². The molecule has 0 amide bonds. The largest absolute Gasteiger partial charge is 0.478 e. The number of benzene rings is 1. The van der Waals surface area contributed by atoms with Gasteiger partial charge in [-0.3, -0.25) is 4.72 Å². The number of carbonyl (C=O) groups is 1. The summed E-state index contributed by atoms with van der Waals surface area (Å²) in [7, 11) is 0. The first-order valence-corrected chi connectivity index (χ1v) is 8.25. The lowest BCUT2D eigenvalue weighted by molar-refractivity contribution is 0.0696. The van der Waals surface area contributed by atoms with Crippen molar-refractivity contribution in [2.45, 2.75) is 31.1 Å². The Kier molecular flexibility index (Phi) is 5.39. The third-order valence-corrected chi connectivity index (χ3v) is 4.23. The maximum absolute atomic E-state index is 11.0. The monoisotopic (exact) mass is 371 g/mol. The van der Waals surface area contributed by atoms with Crippen molar-refractivity contribution >= 4 is 47.1 Å². The summed E-state index contributed by atoms with van der Waals surface area (Å²) in [4.78, 5) is 20.1. The zero-order valence-corrected chi connectivity index (χ0v) is 15.1. The summed E-state index contributed by atoms with van der Waals surface area (Å²) in [5.74, 6) is -0.719. The Bertz CT molecular complexity index is 725. The first kappa shape index (κ1) is 17.8. The Labute approximate surface area is 148 Å². The number of aromatic nitrogens is 2. The van der Waals surface area contributed by atoms with Crippen molar-refractivity contribution < 1.29 is 9.90 Å². The van der Waals surface area contributed by atoms with Gasteiger partial charge in [0.1, 0.15) is 10.3 Å². The van der Waals surface area contributed by atoms with E-state index in [2.05, 4.69) is 14.7 Å². The molecule has 0 saturated heterocycles. The molecule has 2 N–H and O–H groups in total. The predicted octanol–water partition coefficient (Wildman–Crippen LogP) is 4.90. The van der Waals surface area contributed by atoms with Gasteiger partial charge in [-0.05, 0) is 35.6 Å². The molecule has 5 nitrogen and oxygen atoms in total. The van der Waals surface area contributed by atoms with Crippen LogP contribution in [0.15, 0.2) is 29.2 Å². The molecule has 2 aromatic rings. The fraction of sp³-hybridized carbons (Fsp3) is 0.267. The summed E-state index contributed by atoms with van der Waals surface area (Å²) >= 11 is 13.6.